The SMILES string of the molecule is Cc1nc(C2NCCOC23CCCN(C(=O)OC(C)(C)C)C3)cn1C. The highest BCUT2D eigenvalue weighted by Crippen LogP contribution is 2.39. The molecule has 7 heteroatoms. The Hall–Kier alpha value is -1.60. The second-order valence-electron chi connectivity index (χ2n) is 8.13. The monoisotopic (exact) mass is 350 g/mol. The van der Waals surface area contributed by atoms with Crippen molar-refractivity contribution in [3.05, 3.63) is 17.7 Å². The van der Waals surface area contributed by atoms with Crippen molar-refractivity contribution in [2.24, 2.45) is 7.05 Å². The fraction of sp³-hybridized carbons (Fsp3) is 0.778. The van der Waals surface area contributed by atoms with Crippen LogP contribution in [0.4, 0.5) is 4.79 Å². The Morgan fingerprint density at radius 1 is 1.48 bits per heavy atom. The molecule has 1 aromatic rings. The van der Waals surface area contributed by atoms with Gasteiger partial charge in [0.1, 0.15) is 17.0 Å². The largest absolute Gasteiger partial charge is 0.444 e. The lowest BCUT2D eigenvalue weighted by molar-refractivity contribution is -0.133. The van der Waals surface area contributed by atoms with E-state index in [-0.39, 0.29) is 12.1 Å². The van der Waals surface area contributed by atoms with Crippen LogP contribution in [0, 0.1) is 6.92 Å². The minimum atomic E-state index is -0.495. The normalized spacial score (nSPS) is 27.6. The van der Waals surface area contributed by atoms with Crippen LogP contribution in [0.25, 0.3) is 0 Å². The van der Waals surface area contributed by atoms with E-state index in [0.29, 0.717) is 19.7 Å². The lowest BCUT2D eigenvalue weighted by Crippen LogP contribution is -2.61. The number of ether oxygens (including phenoxy) is 2. The van der Waals surface area contributed by atoms with Crippen molar-refractivity contribution in [1.82, 2.24) is 19.8 Å². The summed E-state index contributed by atoms with van der Waals surface area (Å²) in [7, 11) is 2.00. The number of likely N-dealkylation sites (tertiary alicyclic amines) is 1. The Kier molecular flexibility index (Phi) is 4.81. The van der Waals surface area contributed by atoms with E-state index in [4.69, 9.17) is 14.5 Å². The molecule has 1 spiro atoms. The molecule has 3 heterocycles. The number of hydrogen-bond acceptors (Lipinski definition) is 5. The standard InChI is InChI=1S/C18H30N4O3/c1-13-20-14(11-21(13)5)15-18(24-10-8-19-15)7-6-9-22(12-18)16(23)25-17(2,3)4/h11,15,19H,6-10,12H2,1-5H3. The third kappa shape index (κ3) is 3.82. The first kappa shape index (κ1) is 18.2. The van der Waals surface area contributed by atoms with E-state index in [1.54, 1.807) is 4.90 Å². The molecule has 0 saturated carbocycles. The molecule has 0 bridgehead atoms. The Labute approximate surface area is 149 Å². The molecule has 2 fully saturated rings. The lowest BCUT2D eigenvalue weighted by Gasteiger charge is -2.49. The third-order valence-corrected chi connectivity index (χ3v) is 4.93. The Morgan fingerprint density at radius 3 is 2.88 bits per heavy atom. The summed E-state index contributed by atoms with van der Waals surface area (Å²) in [5.41, 5.74) is 0.0322. The van der Waals surface area contributed by atoms with Gasteiger partial charge < -0.3 is 24.3 Å². The minimum Gasteiger partial charge on any atom is -0.444 e. The van der Waals surface area contributed by atoms with Crippen LogP contribution >= 0.6 is 0 Å². The van der Waals surface area contributed by atoms with E-state index in [9.17, 15) is 4.79 Å². The van der Waals surface area contributed by atoms with Crippen molar-refractivity contribution < 1.29 is 14.3 Å². The van der Waals surface area contributed by atoms with E-state index in [2.05, 4.69) is 11.5 Å². The van der Waals surface area contributed by atoms with Crippen LogP contribution in [0.5, 0.6) is 0 Å². The van der Waals surface area contributed by atoms with Crippen LogP contribution in [0.2, 0.25) is 0 Å². The van der Waals surface area contributed by atoms with Crippen LogP contribution in [0.3, 0.4) is 0 Å². The van der Waals surface area contributed by atoms with Crippen LogP contribution in [0.1, 0.15) is 51.2 Å². The van der Waals surface area contributed by atoms with Gasteiger partial charge in [0.15, 0.2) is 0 Å². The van der Waals surface area contributed by atoms with Crippen LogP contribution in [-0.4, -0.2) is 58.0 Å². The van der Waals surface area contributed by atoms with Gasteiger partial charge in [-0.15, -0.1) is 0 Å². The maximum atomic E-state index is 12.5. The van der Waals surface area contributed by atoms with Crippen molar-refractivity contribution in [3.8, 4) is 0 Å². The maximum absolute atomic E-state index is 12.5. The van der Waals surface area contributed by atoms with Gasteiger partial charge in [-0.2, -0.15) is 0 Å². The zero-order valence-corrected chi connectivity index (χ0v) is 16.0. The zero-order chi connectivity index (χ0) is 18.2. The molecule has 7 nitrogen and oxygen atoms in total. The summed E-state index contributed by atoms with van der Waals surface area (Å²) in [6.45, 7) is 10.3. The lowest BCUT2D eigenvalue weighted by atomic mass is 9.83. The van der Waals surface area contributed by atoms with E-state index in [1.165, 1.54) is 0 Å². The summed E-state index contributed by atoms with van der Waals surface area (Å²) in [5, 5.41) is 3.56. The van der Waals surface area contributed by atoms with Gasteiger partial charge in [-0.3, -0.25) is 0 Å². The number of aryl methyl sites for hydroxylation is 2. The van der Waals surface area contributed by atoms with Crippen LogP contribution in [0.15, 0.2) is 6.20 Å². The quantitative estimate of drug-likeness (QED) is 0.841. The summed E-state index contributed by atoms with van der Waals surface area (Å²) in [6.07, 6.45) is 3.58. The number of imidazole rings is 1. The summed E-state index contributed by atoms with van der Waals surface area (Å²) in [6, 6.07) is -0.0219. The fourth-order valence-electron chi connectivity index (χ4n) is 3.71. The maximum Gasteiger partial charge on any atom is 0.410 e. The number of carbonyl (C=O) groups excluding carboxylic acids is 1. The van der Waals surface area contributed by atoms with Crippen molar-refractivity contribution in [3.63, 3.8) is 0 Å². The summed E-state index contributed by atoms with van der Waals surface area (Å²) in [4.78, 5) is 19.0. The van der Waals surface area contributed by atoms with E-state index < -0.39 is 11.2 Å². The predicted molar refractivity (Wildman–Crippen MR) is 94.4 cm³/mol. The number of aromatic nitrogens is 2. The van der Waals surface area contributed by atoms with Gasteiger partial charge in [-0.25, -0.2) is 9.78 Å². The highest BCUT2D eigenvalue weighted by molar-refractivity contribution is 5.68. The Balaban J connectivity index is 1.83. The molecule has 3 rings (SSSR count). The molecule has 140 valence electrons. The van der Waals surface area contributed by atoms with Gasteiger partial charge >= 0.3 is 6.09 Å². The predicted octanol–water partition coefficient (Wildman–Crippen LogP) is 2.16. The highest BCUT2D eigenvalue weighted by Gasteiger charge is 2.48. The van der Waals surface area contributed by atoms with E-state index in [1.807, 2.05) is 39.3 Å². The molecule has 2 aliphatic heterocycles. The fourth-order valence-corrected chi connectivity index (χ4v) is 3.71. The van der Waals surface area contributed by atoms with E-state index >= 15 is 0 Å². The average Bonchev–Trinajstić information content (AvgIpc) is 2.85. The molecule has 25 heavy (non-hydrogen) atoms. The molecule has 2 saturated heterocycles. The van der Waals surface area contributed by atoms with Gasteiger partial charge in [0.2, 0.25) is 0 Å². The Bertz CT molecular complexity index is 613. The topological polar surface area (TPSA) is 68.6 Å². The molecule has 1 aromatic heterocycles. The number of hydrogen-bond donors (Lipinski definition) is 1. The van der Waals surface area contributed by atoms with Gasteiger partial charge in [0.05, 0.1) is 24.9 Å². The van der Waals surface area contributed by atoms with Crippen LogP contribution < -0.4 is 5.32 Å². The summed E-state index contributed by atoms with van der Waals surface area (Å²) < 4.78 is 13.9. The van der Waals surface area contributed by atoms with Gasteiger partial charge in [0, 0.05) is 26.3 Å². The van der Waals surface area contributed by atoms with Gasteiger partial charge in [-0.1, -0.05) is 0 Å². The number of nitrogens with zero attached hydrogens (tertiary/aromatic N) is 3. The van der Waals surface area contributed by atoms with Crippen molar-refractivity contribution in [1.29, 1.82) is 0 Å². The summed E-state index contributed by atoms with van der Waals surface area (Å²) in [5.74, 6) is 0.970. The molecule has 0 aliphatic carbocycles. The van der Waals surface area contributed by atoms with Gasteiger partial charge in [-0.05, 0) is 40.5 Å². The average molecular weight is 350 g/mol. The number of morpholine rings is 1. The first-order valence-corrected chi connectivity index (χ1v) is 9.05. The second-order valence-corrected chi connectivity index (χ2v) is 8.13. The highest BCUT2D eigenvalue weighted by atomic mass is 16.6. The minimum absolute atomic E-state index is 0.0219. The number of rotatable bonds is 1. The molecule has 2 atom stereocenters. The van der Waals surface area contributed by atoms with Crippen LogP contribution in [-0.2, 0) is 16.5 Å². The third-order valence-electron chi connectivity index (χ3n) is 4.93. The molecule has 2 aliphatic rings. The first-order valence-electron chi connectivity index (χ1n) is 9.05. The number of nitrogens with one attached hydrogen (secondary N) is 1. The molecule has 2 unspecified atom stereocenters. The van der Waals surface area contributed by atoms with Crippen molar-refractivity contribution in [2.75, 3.05) is 26.2 Å². The number of amides is 1. The molecule has 1 amide bonds. The number of carbonyl (C=O) groups is 1. The zero-order valence-electron chi connectivity index (χ0n) is 16.0. The summed E-state index contributed by atoms with van der Waals surface area (Å²) >= 11 is 0. The molecule has 1 N–H and O–H groups in total. The molecular formula is C18H30N4O3. The number of piperidine rings is 1. The molecular weight excluding hydrogens is 320 g/mol. The second kappa shape index (κ2) is 6.61. The molecule has 0 aromatic carbocycles. The Morgan fingerprint density at radius 2 is 2.24 bits per heavy atom. The van der Waals surface area contributed by atoms with E-state index in [0.717, 1.165) is 30.9 Å². The van der Waals surface area contributed by atoms with Gasteiger partial charge in [0.25, 0.3) is 0 Å². The van der Waals surface area contributed by atoms with Crippen molar-refractivity contribution >= 4 is 6.09 Å². The van der Waals surface area contributed by atoms with Crippen molar-refractivity contribution in [2.45, 2.75) is 57.8 Å². The smallest absolute Gasteiger partial charge is 0.410 e. The first-order chi connectivity index (χ1) is 11.7. The molecule has 0 radical (unpaired) electrons.